The summed E-state index contributed by atoms with van der Waals surface area (Å²) in [5.74, 6) is -0.158. The Morgan fingerprint density at radius 2 is 2.00 bits per heavy atom. The lowest BCUT2D eigenvalue weighted by Crippen LogP contribution is -2.46. The summed E-state index contributed by atoms with van der Waals surface area (Å²) in [5.41, 5.74) is 1.92. The number of carbonyl (C=O) groups is 1. The average molecular weight is 284 g/mol. The van der Waals surface area contributed by atoms with E-state index in [-0.39, 0.29) is 5.91 Å². The van der Waals surface area contributed by atoms with Crippen molar-refractivity contribution >= 4 is 5.91 Å². The minimum absolute atomic E-state index is 0.158. The number of aromatic nitrogens is 1. The second kappa shape index (κ2) is 6.50. The van der Waals surface area contributed by atoms with E-state index >= 15 is 0 Å². The number of pyridine rings is 1. The molecule has 0 radical (unpaired) electrons. The molecule has 0 aliphatic heterocycles. The Hall–Kier alpha value is -2.20. The molecule has 110 valence electrons. The maximum absolute atomic E-state index is 12.5. The lowest BCUT2D eigenvalue weighted by molar-refractivity contribution is 0.0785. The van der Waals surface area contributed by atoms with Crippen molar-refractivity contribution in [2.24, 2.45) is 0 Å². The van der Waals surface area contributed by atoms with Gasteiger partial charge >= 0.3 is 0 Å². The summed E-state index contributed by atoms with van der Waals surface area (Å²) in [6, 6.07) is 11.6. The van der Waals surface area contributed by atoms with Crippen molar-refractivity contribution in [2.75, 3.05) is 13.7 Å². The van der Waals surface area contributed by atoms with Crippen LogP contribution >= 0.6 is 0 Å². The van der Waals surface area contributed by atoms with Crippen LogP contribution in [0.25, 0.3) is 0 Å². The fourth-order valence-electron chi connectivity index (χ4n) is 2.29. The van der Waals surface area contributed by atoms with E-state index in [4.69, 9.17) is 4.74 Å². The van der Waals surface area contributed by atoms with Crippen LogP contribution in [0.1, 0.15) is 28.4 Å². The summed E-state index contributed by atoms with van der Waals surface area (Å²) in [4.78, 5) is 16.5. The zero-order chi connectivity index (χ0) is 15.3. The predicted octanol–water partition coefficient (Wildman–Crippen LogP) is 2.68. The third-order valence-electron chi connectivity index (χ3n) is 3.37. The third-order valence-corrected chi connectivity index (χ3v) is 3.37. The maximum atomic E-state index is 12.5. The molecule has 0 saturated heterocycles. The molecule has 0 fully saturated rings. The van der Waals surface area contributed by atoms with Crippen LogP contribution in [0.5, 0.6) is 0 Å². The molecule has 1 aromatic carbocycles. The number of aryl methyl sites for hydroxylation is 1. The first-order chi connectivity index (χ1) is 10.0. The van der Waals surface area contributed by atoms with Crippen LogP contribution in [0.15, 0.2) is 48.8 Å². The Labute approximate surface area is 125 Å². The largest absolute Gasteiger partial charge is 0.382 e. The first-order valence-electron chi connectivity index (χ1n) is 6.84. The fourth-order valence-corrected chi connectivity index (χ4v) is 2.29. The van der Waals surface area contributed by atoms with Gasteiger partial charge < -0.3 is 10.1 Å². The number of amides is 1. The van der Waals surface area contributed by atoms with Gasteiger partial charge in [0, 0.05) is 19.5 Å². The van der Waals surface area contributed by atoms with Crippen molar-refractivity contribution in [3.8, 4) is 0 Å². The molecule has 0 bridgehead atoms. The lowest BCUT2D eigenvalue weighted by Gasteiger charge is -2.30. The molecule has 0 unspecified atom stereocenters. The van der Waals surface area contributed by atoms with E-state index in [1.165, 1.54) is 0 Å². The SMILES string of the molecule is COC[C@](C)(NC(=O)c1cncc(C)c1)c1ccccc1. The van der Waals surface area contributed by atoms with Gasteiger partial charge in [-0.3, -0.25) is 9.78 Å². The highest BCUT2D eigenvalue weighted by molar-refractivity contribution is 5.94. The topological polar surface area (TPSA) is 51.2 Å². The minimum Gasteiger partial charge on any atom is -0.382 e. The van der Waals surface area contributed by atoms with Crippen LogP contribution in [0, 0.1) is 6.92 Å². The van der Waals surface area contributed by atoms with Gasteiger partial charge in [0.1, 0.15) is 0 Å². The third kappa shape index (κ3) is 3.67. The number of nitrogens with one attached hydrogen (secondary N) is 1. The second-order valence-corrected chi connectivity index (χ2v) is 5.34. The summed E-state index contributed by atoms with van der Waals surface area (Å²) in [5, 5.41) is 3.05. The van der Waals surface area contributed by atoms with Crippen molar-refractivity contribution in [3.05, 3.63) is 65.5 Å². The molecule has 1 amide bonds. The fraction of sp³-hybridized carbons (Fsp3) is 0.294. The highest BCUT2D eigenvalue weighted by atomic mass is 16.5. The number of carbonyl (C=O) groups excluding carboxylic acids is 1. The van der Waals surface area contributed by atoms with E-state index in [2.05, 4.69) is 10.3 Å². The molecule has 2 rings (SSSR count). The van der Waals surface area contributed by atoms with Crippen molar-refractivity contribution < 1.29 is 9.53 Å². The second-order valence-electron chi connectivity index (χ2n) is 5.34. The number of nitrogens with zero attached hydrogens (tertiary/aromatic N) is 1. The molecule has 1 N–H and O–H groups in total. The number of hydrogen-bond donors (Lipinski definition) is 1. The van der Waals surface area contributed by atoms with Gasteiger partial charge in [0.05, 0.1) is 17.7 Å². The Morgan fingerprint density at radius 3 is 2.62 bits per heavy atom. The highest BCUT2D eigenvalue weighted by Gasteiger charge is 2.29. The van der Waals surface area contributed by atoms with Crippen LogP contribution < -0.4 is 5.32 Å². The molecular weight excluding hydrogens is 264 g/mol. The molecule has 0 saturated carbocycles. The molecule has 4 nitrogen and oxygen atoms in total. The van der Waals surface area contributed by atoms with Crippen LogP contribution in [0.2, 0.25) is 0 Å². The normalized spacial score (nSPS) is 13.5. The summed E-state index contributed by atoms with van der Waals surface area (Å²) in [7, 11) is 1.63. The molecule has 0 aliphatic rings. The van der Waals surface area contributed by atoms with Crippen LogP contribution in [-0.4, -0.2) is 24.6 Å². The zero-order valence-electron chi connectivity index (χ0n) is 12.6. The van der Waals surface area contributed by atoms with Crippen molar-refractivity contribution in [2.45, 2.75) is 19.4 Å². The molecule has 21 heavy (non-hydrogen) atoms. The summed E-state index contributed by atoms with van der Waals surface area (Å²) in [6.07, 6.45) is 3.29. The molecule has 1 heterocycles. The summed E-state index contributed by atoms with van der Waals surface area (Å²) < 4.78 is 5.29. The van der Waals surface area contributed by atoms with Gasteiger partial charge in [-0.1, -0.05) is 30.3 Å². The zero-order valence-corrected chi connectivity index (χ0v) is 12.6. The van der Waals surface area contributed by atoms with Crippen molar-refractivity contribution in [3.63, 3.8) is 0 Å². The number of methoxy groups -OCH3 is 1. The van der Waals surface area contributed by atoms with Crippen LogP contribution in [0.3, 0.4) is 0 Å². The number of rotatable bonds is 5. The smallest absolute Gasteiger partial charge is 0.253 e. The Bertz CT molecular complexity index is 613. The Kier molecular flexibility index (Phi) is 4.70. The maximum Gasteiger partial charge on any atom is 0.253 e. The van der Waals surface area contributed by atoms with Crippen molar-refractivity contribution in [1.29, 1.82) is 0 Å². The Morgan fingerprint density at radius 1 is 1.29 bits per heavy atom. The number of hydrogen-bond acceptors (Lipinski definition) is 3. The summed E-state index contributed by atoms with van der Waals surface area (Å²) >= 11 is 0. The highest BCUT2D eigenvalue weighted by Crippen LogP contribution is 2.21. The van der Waals surface area contributed by atoms with Gasteiger partial charge in [-0.05, 0) is 31.0 Å². The van der Waals surface area contributed by atoms with E-state index in [0.29, 0.717) is 12.2 Å². The van der Waals surface area contributed by atoms with E-state index in [0.717, 1.165) is 11.1 Å². The van der Waals surface area contributed by atoms with E-state index in [9.17, 15) is 4.79 Å². The number of ether oxygens (including phenoxy) is 1. The molecule has 4 heteroatoms. The van der Waals surface area contributed by atoms with E-state index in [1.54, 1.807) is 19.5 Å². The monoisotopic (exact) mass is 284 g/mol. The average Bonchev–Trinajstić information content (AvgIpc) is 2.48. The lowest BCUT2D eigenvalue weighted by atomic mass is 9.92. The van der Waals surface area contributed by atoms with Gasteiger partial charge in [-0.2, -0.15) is 0 Å². The van der Waals surface area contributed by atoms with Gasteiger partial charge in [-0.25, -0.2) is 0 Å². The minimum atomic E-state index is -0.586. The standard InChI is InChI=1S/C17H20N2O2/c1-13-9-14(11-18-10-13)16(20)19-17(2,12-21-3)15-7-5-4-6-8-15/h4-11H,12H2,1-3H3,(H,19,20)/t17-/m0/s1. The predicted molar refractivity (Wildman–Crippen MR) is 82.1 cm³/mol. The van der Waals surface area contributed by atoms with Gasteiger partial charge in [0.15, 0.2) is 0 Å². The molecule has 0 aliphatic carbocycles. The molecule has 0 spiro atoms. The quantitative estimate of drug-likeness (QED) is 0.918. The first-order valence-corrected chi connectivity index (χ1v) is 6.84. The van der Waals surface area contributed by atoms with Crippen LogP contribution in [0.4, 0.5) is 0 Å². The Balaban J connectivity index is 2.26. The first kappa shape index (κ1) is 15.2. The molecular formula is C17H20N2O2. The van der Waals surface area contributed by atoms with Gasteiger partial charge in [-0.15, -0.1) is 0 Å². The van der Waals surface area contributed by atoms with E-state index < -0.39 is 5.54 Å². The van der Waals surface area contributed by atoms with Crippen LogP contribution in [-0.2, 0) is 10.3 Å². The molecule has 2 aromatic rings. The van der Waals surface area contributed by atoms with Gasteiger partial charge in [0.25, 0.3) is 5.91 Å². The van der Waals surface area contributed by atoms with Crippen molar-refractivity contribution in [1.82, 2.24) is 10.3 Å². The number of benzene rings is 1. The molecule has 1 atom stereocenters. The molecule has 1 aromatic heterocycles. The summed E-state index contributed by atoms with van der Waals surface area (Å²) in [6.45, 7) is 4.25. The van der Waals surface area contributed by atoms with Gasteiger partial charge in [0.2, 0.25) is 0 Å². The van der Waals surface area contributed by atoms with E-state index in [1.807, 2.05) is 50.2 Å².